The van der Waals surface area contributed by atoms with E-state index in [9.17, 15) is 19.2 Å². The highest BCUT2D eigenvalue weighted by Gasteiger charge is 2.36. The standard InChI is InChI=1S/C21H21N3O6/c1-3-30-20(27)13-8-9-22-17(10-13)23-19(26)14-11-18(25)24(12-14)16-7-5-4-6-15(16)21(28)29-2/h4-10,14H,3,11-12H2,1-2H3,(H,22,23,26). The summed E-state index contributed by atoms with van der Waals surface area (Å²) in [5, 5.41) is 2.63. The summed E-state index contributed by atoms with van der Waals surface area (Å²) in [6, 6.07) is 9.46. The Labute approximate surface area is 173 Å². The second-order valence-electron chi connectivity index (χ2n) is 6.55. The summed E-state index contributed by atoms with van der Waals surface area (Å²) in [6.07, 6.45) is 1.37. The molecule has 2 amide bonds. The van der Waals surface area contributed by atoms with E-state index >= 15 is 0 Å². The molecule has 0 radical (unpaired) electrons. The second-order valence-corrected chi connectivity index (χ2v) is 6.55. The number of rotatable bonds is 6. The van der Waals surface area contributed by atoms with Crippen molar-refractivity contribution in [2.75, 3.05) is 30.5 Å². The van der Waals surface area contributed by atoms with Crippen LogP contribution >= 0.6 is 0 Å². The predicted molar refractivity (Wildman–Crippen MR) is 107 cm³/mol. The van der Waals surface area contributed by atoms with Crippen molar-refractivity contribution in [1.29, 1.82) is 0 Å². The Bertz CT molecular complexity index is 990. The Morgan fingerprint density at radius 3 is 2.70 bits per heavy atom. The van der Waals surface area contributed by atoms with E-state index in [0.29, 0.717) is 5.69 Å². The summed E-state index contributed by atoms with van der Waals surface area (Å²) in [4.78, 5) is 54.5. The fraction of sp³-hybridized carbons (Fsp3) is 0.286. The van der Waals surface area contributed by atoms with Crippen molar-refractivity contribution in [3.8, 4) is 0 Å². The summed E-state index contributed by atoms with van der Waals surface area (Å²) in [7, 11) is 1.26. The van der Waals surface area contributed by atoms with Crippen LogP contribution < -0.4 is 10.2 Å². The van der Waals surface area contributed by atoms with Crippen molar-refractivity contribution in [3.63, 3.8) is 0 Å². The molecule has 0 aliphatic carbocycles. The number of para-hydroxylation sites is 1. The summed E-state index contributed by atoms with van der Waals surface area (Å²) in [6.45, 7) is 2.04. The lowest BCUT2D eigenvalue weighted by atomic mass is 10.1. The Morgan fingerprint density at radius 2 is 1.97 bits per heavy atom. The number of esters is 2. The van der Waals surface area contributed by atoms with Gasteiger partial charge in [-0.25, -0.2) is 14.6 Å². The van der Waals surface area contributed by atoms with E-state index in [4.69, 9.17) is 9.47 Å². The molecular formula is C21H21N3O6. The quantitative estimate of drug-likeness (QED) is 0.723. The third-order valence-electron chi connectivity index (χ3n) is 4.62. The highest BCUT2D eigenvalue weighted by Crippen LogP contribution is 2.29. The molecule has 1 fully saturated rings. The highest BCUT2D eigenvalue weighted by molar-refractivity contribution is 6.07. The van der Waals surface area contributed by atoms with E-state index in [0.717, 1.165) is 0 Å². The van der Waals surface area contributed by atoms with Crippen LogP contribution in [-0.2, 0) is 19.1 Å². The number of hydrogen-bond acceptors (Lipinski definition) is 7. The molecule has 2 heterocycles. The third kappa shape index (κ3) is 4.45. The van der Waals surface area contributed by atoms with Crippen LogP contribution in [0.25, 0.3) is 0 Å². The molecule has 1 aromatic heterocycles. The first-order valence-corrected chi connectivity index (χ1v) is 9.36. The molecular weight excluding hydrogens is 390 g/mol. The van der Waals surface area contributed by atoms with Crippen molar-refractivity contribution in [3.05, 3.63) is 53.7 Å². The van der Waals surface area contributed by atoms with Crippen LogP contribution in [0.1, 0.15) is 34.1 Å². The molecule has 0 saturated carbocycles. The molecule has 9 nitrogen and oxygen atoms in total. The second kappa shape index (κ2) is 9.17. The monoisotopic (exact) mass is 411 g/mol. The number of methoxy groups -OCH3 is 1. The zero-order valence-corrected chi connectivity index (χ0v) is 16.6. The number of nitrogens with zero attached hydrogens (tertiary/aromatic N) is 2. The number of benzene rings is 1. The van der Waals surface area contributed by atoms with E-state index in [2.05, 4.69) is 10.3 Å². The summed E-state index contributed by atoms with van der Waals surface area (Å²) < 4.78 is 9.71. The van der Waals surface area contributed by atoms with Crippen LogP contribution in [0, 0.1) is 5.92 Å². The van der Waals surface area contributed by atoms with Crippen molar-refractivity contribution in [1.82, 2.24) is 4.98 Å². The number of amides is 2. The van der Waals surface area contributed by atoms with E-state index in [-0.39, 0.29) is 42.4 Å². The van der Waals surface area contributed by atoms with E-state index in [1.165, 1.54) is 30.3 Å². The molecule has 156 valence electrons. The Balaban J connectivity index is 1.73. The van der Waals surface area contributed by atoms with Crippen LogP contribution in [0.4, 0.5) is 11.5 Å². The van der Waals surface area contributed by atoms with E-state index < -0.39 is 23.8 Å². The van der Waals surface area contributed by atoms with Crippen LogP contribution in [0.15, 0.2) is 42.6 Å². The van der Waals surface area contributed by atoms with Gasteiger partial charge in [0, 0.05) is 19.2 Å². The zero-order chi connectivity index (χ0) is 21.7. The van der Waals surface area contributed by atoms with E-state index in [1.54, 1.807) is 31.2 Å². The third-order valence-corrected chi connectivity index (χ3v) is 4.62. The van der Waals surface area contributed by atoms with Gasteiger partial charge in [0.15, 0.2) is 0 Å². The van der Waals surface area contributed by atoms with Crippen molar-refractivity contribution in [2.45, 2.75) is 13.3 Å². The van der Waals surface area contributed by atoms with Gasteiger partial charge in [0.05, 0.1) is 36.4 Å². The number of carbonyl (C=O) groups is 4. The maximum absolute atomic E-state index is 12.7. The minimum Gasteiger partial charge on any atom is -0.465 e. The number of hydrogen-bond donors (Lipinski definition) is 1. The number of ether oxygens (including phenoxy) is 2. The largest absolute Gasteiger partial charge is 0.465 e. The van der Waals surface area contributed by atoms with Gasteiger partial charge < -0.3 is 19.7 Å². The van der Waals surface area contributed by atoms with Gasteiger partial charge in [0.25, 0.3) is 0 Å². The van der Waals surface area contributed by atoms with Crippen LogP contribution in [0.5, 0.6) is 0 Å². The SMILES string of the molecule is CCOC(=O)c1ccnc(NC(=O)C2CC(=O)N(c3ccccc3C(=O)OC)C2)c1. The summed E-state index contributed by atoms with van der Waals surface area (Å²) in [5.41, 5.74) is 0.906. The minimum atomic E-state index is -0.642. The fourth-order valence-electron chi connectivity index (χ4n) is 3.18. The van der Waals surface area contributed by atoms with E-state index in [1.807, 2.05) is 0 Å². The Kier molecular flexibility index (Phi) is 6.41. The predicted octanol–water partition coefficient (Wildman–Crippen LogP) is 2.04. The number of anilines is 2. The first-order chi connectivity index (χ1) is 14.4. The maximum Gasteiger partial charge on any atom is 0.339 e. The average Bonchev–Trinajstić information content (AvgIpc) is 3.15. The number of carbonyl (C=O) groups excluding carboxylic acids is 4. The Morgan fingerprint density at radius 1 is 1.20 bits per heavy atom. The first kappa shape index (κ1) is 21.0. The van der Waals surface area contributed by atoms with Gasteiger partial charge in [-0.15, -0.1) is 0 Å². The van der Waals surface area contributed by atoms with Gasteiger partial charge in [0.2, 0.25) is 11.8 Å². The van der Waals surface area contributed by atoms with Crippen molar-refractivity contribution in [2.24, 2.45) is 5.92 Å². The Hall–Kier alpha value is -3.75. The van der Waals surface area contributed by atoms with Crippen LogP contribution in [0.3, 0.4) is 0 Å². The molecule has 1 unspecified atom stereocenters. The highest BCUT2D eigenvalue weighted by atomic mass is 16.5. The molecule has 1 aliphatic heterocycles. The molecule has 1 aromatic carbocycles. The molecule has 3 rings (SSSR count). The molecule has 9 heteroatoms. The van der Waals surface area contributed by atoms with Crippen molar-refractivity contribution < 1.29 is 28.7 Å². The lowest BCUT2D eigenvalue weighted by Crippen LogP contribution is -2.29. The molecule has 1 atom stereocenters. The average molecular weight is 411 g/mol. The fourth-order valence-corrected chi connectivity index (χ4v) is 3.18. The molecule has 30 heavy (non-hydrogen) atoms. The first-order valence-electron chi connectivity index (χ1n) is 9.36. The normalized spacial score (nSPS) is 15.6. The number of aromatic nitrogens is 1. The van der Waals surface area contributed by atoms with Gasteiger partial charge in [-0.3, -0.25) is 9.59 Å². The maximum atomic E-state index is 12.7. The number of pyridine rings is 1. The smallest absolute Gasteiger partial charge is 0.339 e. The molecule has 0 bridgehead atoms. The van der Waals surface area contributed by atoms with Gasteiger partial charge in [-0.2, -0.15) is 0 Å². The van der Waals surface area contributed by atoms with Gasteiger partial charge in [0.1, 0.15) is 5.82 Å². The molecule has 2 aromatic rings. The van der Waals surface area contributed by atoms with Gasteiger partial charge in [-0.05, 0) is 31.2 Å². The summed E-state index contributed by atoms with van der Waals surface area (Å²) >= 11 is 0. The van der Waals surface area contributed by atoms with Gasteiger partial charge in [-0.1, -0.05) is 12.1 Å². The van der Waals surface area contributed by atoms with Gasteiger partial charge >= 0.3 is 11.9 Å². The lowest BCUT2D eigenvalue weighted by molar-refractivity contribution is -0.122. The zero-order valence-electron chi connectivity index (χ0n) is 16.6. The minimum absolute atomic E-state index is 0.0150. The van der Waals surface area contributed by atoms with Crippen molar-refractivity contribution >= 4 is 35.3 Å². The van der Waals surface area contributed by atoms with Crippen LogP contribution in [0.2, 0.25) is 0 Å². The topological polar surface area (TPSA) is 115 Å². The molecule has 1 aliphatic rings. The molecule has 1 N–H and O–H groups in total. The lowest BCUT2D eigenvalue weighted by Gasteiger charge is -2.19. The van der Waals surface area contributed by atoms with Crippen LogP contribution in [-0.4, -0.2) is 49.0 Å². The molecule has 1 saturated heterocycles. The number of nitrogens with one attached hydrogen (secondary N) is 1. The molecule has 0 spiro atoms. The summed E-state index contributed by atoms with van der Waals surface area (Å²) in [5.74, 6) is -2.22.